The Morgan fingerprint density at radius 3 is 2.14 bits per heavy atom. The van der Waals surface area contributed by atoms with Crippen LogP contribution in [0.3, 0.4) is 0 Å². The molecule has 0 bridgehead atoms. The molecule has 0 spiro atoms. The van der Waals surface area contributed by atoms with Gasteiger partial charge in [-0.05, 0) is 59.4 Å². The first-order chi connectivity index (χ1) is 10.3. The highest BCUT2D eigenvalue weighted by molar-refractivity contribution is 6.30. The highest BCUT2D eigenvalue weighted by Gasteiger charge is 2.24. The minimum atomic E-state index is 0.185. The third-order valence-electron chi connectivity index (χ3n) is 4.11. The van der Waals surface area contributed by atoms with Crippen LogP contribution in [-0.2, 0) is 0 Å². The zero-order valence-corrected chi connectivity index (χ0v) is 14.7. The van der Waals surface area contributed by atoms with Crippen LogP contribution in [0.5, 0.6) is 11.5 Å². The molecule has 1 N–H and O–H groups in total. The van der Waals surface area contributed by atoms with Gasteiger partial charge < -0.3 is 10.1 Å². The smallest absolute Gasteiger partial charge is 0.127 e. The van der Waals surface area contributed by atoms with E-state index in [1.54, 1.807) is 0 Å². The van der Waals surface area contributed by atoms with Crippen molar-refractivity contribution in [1.82, 2.24) is 0 Å². The van der Waals surface area contributed by atoms with E-state index in [2.05, 4.69) is 45.1 Å². The predicted octanol–water partition coefficient (Wildman–Crippen LogP) is 6.32. The van der Waals surface area contributed by atoms with E-state index in [-0.39, 0.29) is 5.41 Å². The number of anilines is 1. The molecule has 0 fully saturated rings. The first kappa shape index (κ1) is 16.7. The lowest BCUT2D eigenvalue weighted by Gasteiger charge is -2.29. The molecule has 2 aromatic carbocycles. The predicted molar refractivity (Wildman–Crippen MR) is 95.4 cm³/mol. The van der Waals surface area contributed by atoms with Crippen molar-refractivity contribution in [2.75, 3.05) is 12.4 Å². The monoisotopic (exact) mass is 317 g/mol. The van der Waals surface area contributed by atoms with Crippen LogP contribution >= 0.6 is 11.6 Å². The summed E-state index contributed by atoms with van der Waals surface area (Å²) < 4.78 is 5.95. The van der Waals surface area contributed by atoms with Gasteiger partial charge in [0.1, 0.15) is 11.5 Å². The highest BCUT2D eigenvalue weighted by Crippen LogP contribution is 2.40. The summed E-state index contributed by atoms with van der Waals surface area (Å²) in [5, 5.41) is 3.98. The van der Waals surface area contributed by atoms with Gasteiger partial charge in [0.15, 0.2) is 0 Å². The number of rotatable bonds is 4. The van der Waals surface area contributed by atoms with Crippen LogP contribution < -0.4 is 10.1 Å². The summed E-state index contributed by atoms with van der Waals surface area (Å²) >= 11 is 5.91. The molecule has 0 amide bonds. The quantitative estimate of drug-likeness (QED) is 0.712. The van der Waals surface area contributed by atoms with E-state index >= 15 is 0 Å². The number of benzene rings is 2. The van der Waals surface area contributed by atoms with Crippen LogP contribution in [0.4, 0.5) is 5.69 Å². The fourth-order valence-electron chi connectivity index (χ4n) is 2.30. The highest BCUT2D eigenvalue weighted by atomic mass is 35.5. The Bertz CT molecular complexity index is 629. The van der Waals surface area contributed by atoms with E-state index in [0.29, 0.717) is 10.9 Å². The van der Waals surface area contributed by atoms with E-state index in [1.807, 2.05) is 37.4 Å². The second-order valence-corrected chi connectivity index (χ2v) is 7.08. The molecule has 2 rings (SSSR count). The van der Waals surface area contributed by atoms with Gasteiger partial charge in [0.25, 0.3) is 0 Å². The molecule has 0 aromatic heterocycles. The molecular formula is C19H24ClNO. The van der Waals surface area contributed by atoms with Gasteiger partial charge in [-0.2, -0.15) is 0 Å². The van der Waals surface area contributed by atoms with Crippen LogP contribution in [-0.4, -0.2) is 7.05 Å². The van der Waals surface area contributed by atoms with E-state index in [9.17, 15) is 0 Å². The van der Waals surface area contributed by atoms with E-state index < -0.39 is 0 Å². The summed E-state index contributed by atoms with van der Waals surface area (Å²) in [5.41, 5.74) is 2.59. The second kappa shape index (κ2) is 6.62. The lowest BCUT2D eigenvalue weighted by Crippen LogP contribution is -2.16. The first-order valence-corrected chi connectivity index (χ1v) is 7.94. The zero-order valence-electron chi connectivity index (χ0n) is 13.9. The van der Waals surface area contributed by atoms with Crippen molar-refractivity contribution in [2.45, 2.75) is 33.6 Å². The lowest BCUT2D eigenvalue weighted by atomic mass is 9.77. The van der Waals surface area contributed by atoms with Gasteiger partial charge in [-0.3, -0.25) is 0 Å². The Balaban J connectivity index is 2.32. The molecule has 0 aliphatic rings. The molecule has 118 valence electrons. The summed E-state index contributed by atoms with van der Waals surface area (Å²) in [5.74, 6) is 2.03. The van der Waals surface area contributed by atoms with Crippen LogP contribution in [0.1, 0.15) is 39.2 Å². The average Bonchev–Trinajstić information content (AvgIpc) is 2.48. The topological polar surface area (TPSA) is 21.3 Å². The van der Waals surface area contributed by atoms with Crippen molar-refractivity contribution < 1.29 is 4.74 Å². The van der Waals surface area contributed by atoms with Crippen molar-refractivity contribution in [1.29, 1.82) is 0 Å². The molecule has 2 aromatic rings. The molecule has 22 heavy (non-hydrogen) atoms. The molecule has 2 nitrogen and oxygen atoms in total. The Labute approximate surface area is 138 Å². The van der Waals surface area contributed by atoms with Crippen molar-refractivity contribution in [3.63, 3.8) is 0 Å². The van der Waals surface area contributed by atoms with E-state index in [4.69, 9.17) is 16.3 Å². The number of nitrogens with one attached hydrogen (secondary N) is 1. The molecule has 0 saturated carbocycles. The Kier molecular flexibility index (Phi) is 5.02. The summed E-state index contributed by atoms with van der Waals surface area (Å²) in [4.78, 5) is 0. The van der Waals surface area contributed by atoms with Gasteiger partial charge in [-0.15, -0.1) is 0 Å². The van der Waals surface area contributed by atoms with Gasteiger partial charge in [-0.1, -0.05) is 39.3 Å². The fraction of sp³-hybridized carbons (Fsp3) is 0.368. The van der Waals surface area contributed by atoms with Crippen LogP contribution in [0.15, 0.2) is 42.5 Å². The lowest BCUT2D eigenvalue weighted by molar-refractivity contribution is 0.339. The fourth-order valence-corrected chi connectivity index (χ4v) is 2.42. The standard InChI is InChI=1S/C19H24ClNO/c1-13(19(2,3)4)17-12-16(10-11-18(17)21-5)22-15-8-6-14(20)7-9-15/h6-13,21H,1-5H3. The van der Waals surface area contributed by atoms with Gasteiger partial charge in [-0.25, -0.2) is 0 Å². The van der Waals surface area contributed by atoms with E-state index in [0.717, 1.165) is 17.2 Å². The molecule has 0 heterocycles. The SMILES string of the molecule is CNc1ccc(Oc2ccc(Cl)cc2)cc1C(C)C(C)(C)C. The normalized spacial score (nSPS) is 12.8. The summed E-state index contributed by atoms with van der Waals surface area (Å²) in [7, 11) is 1.95. The van der Waals surface area contributed by atoms with E-state index in [1.165, 1.54) is 5.56 Å². The third-order valence-corrected chi connectivity index (χ3v) is 4.36. The maximum absolute atomic E-state index is 5.95. The number of hydrogen-bond donors (Lipinski definition) is 1. The molecule has 0 radical (unpaired) electrons. The summed E-state index contributed by atoms with van der Waals surface area (Å²) in [6.07, 6.45) is 0. The molecule has 0 aliphatic carbocycles. The van der Waals surface area contributed by atoms with Crippen LogP contribution in [0.25, 0.3) is 0 Å². The Morgan fingerprint density at radius 2 is 1.59 bits per heavy atom. The molecule has 1 atom stereocenters. The summed E-state index contributed by atoms with van der Waals surface area (Å²) in [6.45, 7) is 9.01. The van der Waals surface area contributed by atoms with Crippen molar-refractivity contribution in [3.05, 3.63) is 53.1 Å². The van der Waals surface area contributed by atoms with Crippen LogP contribution in [0, 0.1) is 5.41 Å². The Hall–Kier alpha value is -1.67. The molecule has 0 saturated heterocycles. The number of ether oxygens (including phenoxy) is 1. The average molecular weight is 318 g/mol. The van der Waals surface area contributed by atoms with Crippen molar-refractivity contribution in [3.8, 4) is 11.5 Å². The van der Waals surface area contributed by atoms with Gasteiger partial charge in [0.05, 0.1) is 0 Å². The van der Waals surface area contributed by atoms with Gasteiger partial charge >= 0.3 is 0 Å². The maximum Gasteiger partial charge on any atom is 0.127 e. The second-order valence-electron chi connectivity index (χ2n) is 6.64. The van der Waals surface area contributed by atoms with Crippen molar-refractivity contribution in [2.24, 2.45) is 5.41 Å². The third kappa shape index (κ3) is 3.95. The maximum atomic E-state index is 5.95. The summed E-state index contributed by atoms with van der Waals surface area (Å²) in [6, 6.07) is 13.6. The molecule has 0 aliphatic heterocycles. The molecule has 1 unspecified atom stereocenters. The first-order valence-electron chi connectivity index (χ1n) is 7.56. The van der Waals surface area contributed by atoms with Gasteiger partial charge in [0.2, 0.25) is 0 Å². The minimum absolute atomic E-state index is 0.185. The van der Waals surface area contributed by atoms with Gasteiger partial charge in [0, 0.05) is 17.8 Å². The number of halogens is 1. The Morgan fingerprint density at radius 1 is 1.00 bits per heavy atom. The largest absolute Gasteiger partial charge is 0.457 e. The minimum Gasteiger partial charge on any atom is -0.457 e. The molecule has 3 heteroatoms. The van der Waals surface area contributed by atoms with Crippen molar-refractivity contribution >= 4 is 17.3 Å². The van der Waals surface area contributed by atoms with Crippen LogP contribution in [0.2, 0.25) is 5.02 Å². The zero-order chi connectivity index (χ0) is 16.3. The molecular weight excluding hydrogens is 294 g/mol. The number of hydrogen-bond acceptors (Lipinski definition) is 2.